The Kier molecular flexibility index (Phi) is 5.07. The molecule has 0 unspecified atom stereocenters. The normalized spacial score (nSPS) is 15.6. The van der Waals surface area contributed by atoms with Gasteiger partial charge in [-0.3, -0.25) is 10.1 Å². The van der Waals surface area contributed by atoms with Gasteiger partial charge in [-0.25, -0.2) is 0 Å². The van der Waals surface area contributed by atoms with Crippen molar-refractivity contribution in [1.29, 1.82) is 0 Å². The summed E-state index contributed by atoms with van der Waals surface area (Å²) >= 11 is 1.98. The smallest absolute Gasteiger partial charge is 0.292 e. The maximum atomic E-state index is 10.9. The Bertz CT molecular complexity index is 445. The molecule has 0 radical (unpaired) electrons. The van der Waals surface area contributed by atoms with Gasteiger partial charge in [0.2, 0.25) is 0 Å². The molecule has 1 aromatic carbocycles. The van der Waals surface area contributed by atoms with Crippen molar-refractivity contribution in [3.63, 3.8) is 0 Å². The molecule has 0 spiro atoms. The average molecular weight is 280 g/mol. The number of hydrogen-bond donors (Lipinski definition) is 1. The SMILES string of the molecule is CCNc1cc(CSC2CCCC2)ccc1[N+](=O)[O-]. The quantitative estimate of drug-likeness (QED) is 0.626. The van der Waals surface area contributed by atoms with Crippen molar-refractivity contribution in [1.82, 2.24) is 0 Å². The summed E-state index contributed by atoms with van der Waals surface area (Å²) in [6.45, 7) is 2.64. The van der Waals surface area contributed by atoms with Crippen molar-refractivity contribution in [2.24, 2.45) is 0 Å². The van der Waals surface area contributed by atoms with Crippen LogP contribution in [-0.2, 0) is 5.75 Å². The monoisotopic (exact) mass is 280 g/mol. The molecule has 0 bridgehead atoms. The zero-order chi connectivity index (χ0) is 13.7. The van der Waals surface area contributed by atoms with Crippen molar-refractivity contribution in [3.8, 4) is 0 Å². The summed E-state index contributed by atoms with van der Waals surface area (Å²) in [5.74, 6) is 0.945. The molecule has 1 aliphatic rings. The Morgan fingerprint density at radius 1 is 1.42 bits per heavy atom. The third-order valence-electron chi connectivity index (χ3n) is 3.41. The highest BCUT2D eigenvalue weighted by Gasteiger charge is 2.17. The van der Waals surface area contributed by atoms with Crippen LogP contribution in [0.3, 0.4) is 0 Å². The van der Waals surface area contributed by atoms with Crippen LogP contribution in [-0.4, -0.2) is 16.7 Å². The summed E-state index contributed by atoms with van der Waals surface area (Å²) < 4.78 is 0. The van der Waals surface area contributed by atoms with Crippen LogP contribution < -0.4 is 5.32 Å². The highest BCUT2D eigenvalue weighted by Crippen LogP contribution is 2.33. The van der Waals surface area contributed by atoms with Crippen LogP contribution in [0.15, 0.2) is 18.2 Å². The van der Waals surface area contributed by atoms with Crippen molar-refractivity contribution in [3.05, 3.63) is 33.9 Å². The predicted molar refractivity (Wildman–Crippen MR) is 80.8 cm³/mol. The number of nitrogens with one attached hydrogen (secondary N) is 1. The minimum Gasteiger partial charge on any atom is -0.380 e. The number of hydrogen-bond acceptors (Lipinski definition) is 4. The fraction of sp³-hybridized carbons (Fsp3) is 0.571. The number of anilines is 1. The Morgan fingerprint density at radius 2 is 2.16 bits per heavy atom. The zero-order valence-electron chi connectivity index (χ0n) is 11.2. The highest BCUT2D eigenvalue weighted by molar-refractivity contribution is 7.99. The van der Waals surface area contributed by atoms with E-state index in [-0.39, 0.29) is 10.6 Å². The third-order valence-corrected chi connectivity index (χ3v) is 4.86. The topological polar surface area (TPSA) is 55.2 Å². The molecule has 1 aromatic rings. The lowest BCUT2D eigenvalue weighted by molar-refractivity contribution is -0.384. The van der Waals surface area contributed by atoms with Gasteiger partial charge < -0.3 is 5.32 Å². The van der Waals surface area contributed by atoms with Crippen molar-refractivity contribution in [2.45, 2.75) is 43.6 Å². The van der Waals surface area contributed by atoms with Crippen LogP contribution in [0.1, 0.15) is 38.2 Å². The maximum absolute atomic E-state index is 10.9. The average Bonchev–Trinajstić information content (AvgIpc) is 2.90. The first-order valence-corrected chi connectivity index (χ1v) is 7.88. The summed E-state index contributed by atoms with van der Waals surface area (Å²) in [4.78, 5) is 10.6. The lowest BCUT2D eigenvalue weighted by Crippen LogP contribution is -2.02. The first kappa shape index (κ1) is 14.2. The van der Waals surface area contributed by atoms with E-state index in [2.05, 4.69) is 5.32 Å². The second kappa shape index (κ2) is 6.80. The molecule has 0 amide bonds. The van der Waals surface area contributed by atoms with Gasteiger partial charge >= 0.3 is 0 Å². The van der Waals surface area contributed by atoms with Gasteiger partial charge in [-0.05, 0) is 31.4 Å². The molecular formula is C14H20N2O2S. The standard InChI is InChI=1S/C14H20N2O2S/c1-2-15-13-9-11(7-8-14(13)16(17)18)10-19-12-5-3-4-6-12/h7-9,12,15H,2-6,10H2,1H3. The van der Waals surface area contributed by atoms with Gasteiger partial charge in [-0.15, -0.1) is 0 Å². The fourth-order valence-electron chi connectivity index (χ4n) is 2.43. The lowest BCUT2D eigenvalue weighted by Gasteiger charge is -2.10. The Morgan fingerprint density at radius 3 is 2.79 bits per heavy atom. The number of benzene rings is 1. The van der Waals surface area contributed by atoms with Crippen LogP contribution >= 0.6 is 11.8 Å². The van der Waals surface area contributed by atoms with E-state index < -0.39 is 0 Å². The maximum Gasteiger partial charge on any atom is 0.292 e. The molecule has 0 saturated heterocycles. The van der Waals surface area contributed by atoms with Crippen molar-refractivity contribution in [2.75, 3.05) is 11.9 Å². The molecule has 104 valence electrons. The molecule has 0 heterocycles. The first-order valence-electron chi connectivity index (χ1n) is 6.83. The summed E-state index contributed by atoms with van der Waals surface area (Å²) in [5, 5.41) is 14.8. The van der Waals surface area contributed by atoms with E-state index in [1.54, 1.807) is 6.07 Å². The van der Waals surface area contributed by atoms with Gasteiger partial charge in [0.15, 0.2) is 0 Å². The number of thioether (sulfide) groups is 1. The van der Waals surface area contributed by atoms with Gasteiger partial charge in [0.1, 0.15) is 5.69 Å². The van der Waals surface area contributed by atoms with Crippen LogP contribution in [0.25, 0.3) is 0 Å². The van der Waals surface area contributed by atoms with Crippen LogP contribution in [0.2, 0.25) is 0 Å². The lowest BCUT2D eigenvalue weighted by atomic mass is 10.2. The predicted octanol–water partition coefficient (Wildman–Crippen LogP) is 4.20. The zero-order valence-corrected chi connectivity index (χ0v) is 12.0. The van der Waals surface area contributed by atoms with E-state index in [0.717, 1.165) is 11.0 Å². The van der Waals surface area contributed by atoms with Gasteiger partial charge in [-0.2, -0.15) is 11.8 Å². The fourth-order valence-corrected chi connectivity index (χ4v) is 3.71. The molecule has 0 aromatic heterocycles. The Hall–Kier alpha value is -1.23. The molecule has 0 atom stereocenters. The van der Waals surface area contributed by atoms with Crippen LogP contribution in [0.4, 0.5) is 11.4 Å². The number of rotatable bonds is 6. The van der Waals surface area contributed by atoms with Crippen LogP contribution in [0.5, 0.6) is 0 Å². The minimum absolute atomic E-state index is 0.163. The molecule has 19 heavy (non-hydrogen) atoms. The molecule has 1 saturated carbocycles. The molecule has 0 aliphatic heterocycles. The Balaban J connectivity index is 2.04. The van der Waals surface area contributed by atoms with Gasteiger partial charge in [-0.1, -0.05) is 18.9 Å². The summed E-state index contributed by atoms with van der Waals surface area (Å²) in [6.07, 6.45) is 5.33. The second-order valence-corrected chi connectivity index (χ2v) is 6.15. The van der Waals surface area contributed by atoms with Crippen molar-refractivity contribution >= 4 is 23.1 Å². The number of nitro groups is 1. The molecule has 5 heteroatoms. The van der Waals surface area contributed by atoms with Crippen molar-refractivity contribution < 1.29 is 4.92 Å². The molecule has 1 N–H and O–H groups in total. The van der Waals surface area contributed by atoms with E-state index in [9.17, 15) is 10.1 Å². The van der Waals surface area contributed by atoms with E-state index in [1.807, 2.05) is 30.8 Å². The molecule has 1 aliphatic carbocycles. The molecule has 4 nitrogen and oxygen atoms in total. The Labute approximate surface area is 118 Å². The molecular weight excluding hydrogens is 260 g/mol. The van der Waals surface area contributed by atoms with Gasteiger partial charge in [0, 0.05) is 23.6 Å². The molecule has 2 rings (SSSR count). The van der Waals surface area contributed by atoms with E-state index in [1.165, 1.54) is 31.2 Å². The summed E-state index contributed by atoms with van der Waals surface area (Å²) in [5.41, 5.74) is 1.96. The largest absolute Gasteiger partial charge is 0.380 e. The summed E-state index contributed by atoms with van der Waals surface area (Å²) in [7, 11) is 0. The van der Waals surface area contributed by atoms with Gasteiger partial charge in [0.25, 0.3) is 5.69 Å². The number of nitrogens with zero attached hydrogens (tertiary/aromatic N) is 1. The first-order chi connectivity index (χ1) is 9.20. The molecule has 1 fully saturated rings. The number of nitro benzene ring substituents is 1. The van der Waals surface area contributed by atoms with E-state index >= 15 is 0 Å². The third kappa shape index (κ3) is 3.86. The van der Waals surface area contributed by atoms with Crippen LogP contribution in [0, 0.1) is 10.1 Å². The van der Waals surface area contributed by atoms with E-state index in [0.29, 0.717) is 12.2 Å². The minimum atomic E-state index is -0.327. The summed E-state index contributed by atoms with van der Waals surface area (Å²) in [6, 6.07) is 5.41. The highest BCUT2D eigenvalue weighted by atomic mass is 32.2. The van der Waals surface area contributed by atoms with E-state index in [4.69, 9.17) is 0 Å². The van der Waals surface area contributed by atoms with Gasteiger partial charge in [0.05, 0.1) is 4.92 Å². The second-order valence-electron chi connectivity index (χ2n) is 4.86.